The zero-order valence-electron chi connectivity index (χ0n) is 14.1. The van der Waals surface area contributed by atoms with Gasteiger partial charge in [-0.1, -0.05) is 37.3 Å². The van der Waals surface area contributed by atoms with E-state index in [2.05, 4.69) is 12.2 Å². The molecule has 1 heterocycles. The van der Waals surface area contributed by atoms with E-state index in [0.717, 1.165) is 30.8 Å². The number of hydrogen-bond donors (Lipinski definition) is 2. The molecule has 6 heteroatoms. The van der Waals surface area contributed by atoms with Gasteiger partial charge in [-0.25, -0.2) is 4.79 Å². The molecule has 0 aliphatic carbocycles. The molecule has 24 heavy (non-hydrogen) atoms. The summed E-state index contributed by atoms with van der Waals surface area (Å²) in [5.41, 5.74) is 1.10. The Balaban J connectivity index is 1.95. The first-order valence-electron chi connectivity index (χ1n) is 8.47. The van der Waals surface area contributed by atoms with Gasteiger partial charge in [0.1, 0.15) is 0 Å². The highest BCUT2D eigenvalue weighted by Gasteiger charge is 2.21. The first-order chi connectivity index (χ1) is 11.5. The van der Waals surface area contributed by atoms with E-state index in [0.29, 0.717) is 18.1 Å². The van der Waals surface area contributed by atoms with Gasteiger partial charge in [-0.2, -0.15) is 11.8 Å². The Kier molecular flexibility index (Phi) is 7.43. The number of carboxylic acid groups (broad SMARTS) is 1. The van der Waals surface area contributed by atoms with E-state index in [-0.39, 0.29) is 18.5 Å². The van der Waals surface area contributed by atoms with Crippen molar-refractivity contribution in [3.63, 3.8) is 0 Å². The van der Waals surface area contributed by atoms with Crippen molar-refractivity contribution in [2.24, 2.45) is 0 Å². The molecule has 0 spiro atoms. The molecule has 5 nitrogen and oxygen atoms in total. The van der Waals surface area contributed by atoms with Crippen LogP contribution in [0.4, 0.5) is 4.79 Å². The number of rotatable bonds is 6. The molecule has 1 fully saturated rings. The second-order valence-electron chi connectivity index (χ2n) is 6.23. The average molecular weight is 350 g/mol. The van der Waals surface area contributed by atoms with Crippen LogP contribution in [0.5, 0.6) is 0 Å². The van der Waals surface area contributed by atoms with Crippen LogP contribution in [0.3, 0.4) is 0 Å². The Morgan fingerprint density at radius 2 is 2.08 bits per heavy atom. The first-order valence-corrected chi connectivity index (χ1v) is 9.52. The molecule has 0 aromatic heterocycles. The highest BCUT2D eigenvalue weighted by atomic mass is 32.2. The lowest BCUT2D eigenvalue weighted by Crippen LogP contribution is -2.46. The molecule has 1 aromatic rings. The number of thioether (sulfide) groups is 1. The molecular weight excluding hydrogens is 324 g/mol. The number of carbonyl (C=O) groups is 2. The van der Waals surface area contributed by atoms with E-state index in [1.54, 1.807) is 0 Å². The van der Waals surface area contributed by atoms with Gasteiger partial charge in [0.25, 0.3) is 0 Å². The van der Waals surface area contributed by atoms with Crippen LogP contribution in [0.25, 0.3) is 0 Å². The first kappa shape index (κ1) is 18.6. The van der Waals surface area contributed by atoms with E-state index in [9.17, 15) is 9.59 Å². The molecule has 0 bridgehead atoms. The molecule has 2 amide bonds. The molecule has 1 aromatic carbocycles. The molecule has 0 saturated carbocycles. The monoisotopic (exact) mass is 350 g/mol. The quantitative estimate of drug-likeness (QED) is 0.827. The fourth-order valence-corrected chi connectivity index (χ4v) is 3.79. The number of nitrogens with zero attached hydrogens (tertiary/aromatic N) is 1. The van der Waals surface area contributed by atoms with Crippen molar-refractivity contribution < 1.29 is 14.7 Å². The Morgan fingerprint density at radius 3 is 2.79 bits per heavy atom. The Hall–Kier alpha value is -1.69. The summed E-state index contributed by atoms with van der Waals surface area (Å²) in [4.78, 5) is 25.3. The number of urea groups is 1. The third-order valence-corrected chi connectivity index (χ3v) is 5.44. The maximum atomic E-state index is 12.6. The van der Waals surface area contributed by atoms with E-state index in [4.69, 9.17) is 5.11 Å². The summed E-state index contributed by atoms with van der Waals surface area (Å²) in [6, 6.07) is 9.64. The van der Waals surface area contributed by atoms with Gasteiger partial charge in [-0.05, 0) is 24.8 Å². The highest BCUT2D eigenvalue weighted by molar-refractivity contribution is 7.99. The third-order valence-electron chi connectivity index (χ3n) is 4.22. The van der Waals surface area contributed by atoms with Crippen LogP contribution in [-0.4, -0.2) is 52.1 Å². The average Bonchev–Trinajstić information content (AvgIpc) is 2.78. The molecule has 1 aliphatic heterocycles. The second-order valence-corrected chi connectivity index (χ2v) is 7.77. The SMILES string of the molecule is CC1CCN(C(=O)NC(CCC(=O)O)Cc2ccccc2)CCS1. The van der Waals surface area contributed by atoms with Crippen molar-refractivity contribution in [3.05, 3.63) is 35.9 Å². The lowest BCUT2D eigenvalue weighted by molar-refractivity contribution is -0.137. The zero-order chi connectivity index (χ0) is 17.4. The number of hydrogen-bond acceptors (Lipinski definition) is 3. The van der Waals surface area contributed by atoms with E-state index in [1.807, 2.05) is 47.0 Å². The smallest absolute Gasteiger partial charge is 0.317 e. The number of carboxylic acids is 1. The Bertz CT molecular complexity index is 538. The molecule has 2 rings (SSSR count). The Labute approximate surface area is 147 Å². The minimum absolute atomic E-state index is 0.0602. The number of benzene rings is 1. The van der Waals surface area contributed by atoms with Gasteiger partial charge in [-0.15, -0.1) is 0 Å². The van der Waals surface area contributed by atoms with Crippen molar-refractivity contribution in [3.8, 4) is 0 Å². The third kappa shape index (κ3) is 6.43. The van der Waals surface area contributed by atoms with Gasteiger partial charge in [-0.3, -0.25) is 4.79 Å². The summed E-state index contributed by atoms with van der Waals surface area (Å²) in [7, 11) is 0. The summed E-state index contributed by atoms with van der Waals surface area (Å²) in [6.07, 6.45) is 2.15. The van der Waals surface area contributed by atoms with Gasteiger partial charge in [0.05, 0.1) is 0 Å². The van der Waals surface area contributed by atoms with Gasteiger partial charge >= 0.3 is 12.0 Å². The maximum absolute atomic E-state index is 12.6. The highest BCUT2D eigenvalue weighted by Crippen LogP contribution is 2.19. The molecule has 1 saturated heterocycles. The van der Waals surface area contributed by atoms with Crippen LogP contribution in [0, 0.1) is 0 Å². The standard InChI is InChI=1S/C18H26N2O3S/c1-14-9-10-20(11-12-24-14)18(23)19-16(7-8-17(21)22)13-15-5-3-2-4-6-15/h2-6,14,16H,7-13H2,1H3,(H,19,23)(H,21,22). The number of nitrogens with one attached hydrogen (secondary N) is 1. The second kappa shape index (κ2) is 9.57. The van der Waals surface area contributed by atoms with E-state index < -0.39 is 5.97 Å². The molecule has 1 aliphatic rings. The van der Waals surface area contributed by atoms with E-state index in [1.165, 1.54) is 0 Å². The van der Waals surface area contributed by atoms with Gasteiger partial charge in [0.2, 0.25) is 0 Å². The zero-order valence-corrected chi connectivity index (χ0v) is 14.9. The van der Waals surface area contributed by atoms with Crippen LogP contribution in [0.1, 0.15) is 31.7 Å². The number of amides is 2. The van der Waals surface area contributed by atoms with Gasteiger partial charge < -0.3 is 15.3 Å². The minimum Gasteiger partial charge on any atom is -0.481 e. The van der Waals surface area contributed by atoms with E-state index >= 15 is 0 Å². The van der Waals surface area contributed by atoms with Gasteiger partial charge in [0.15, 0.2) is 0 Å². The summed E-state index contributed by atoms with van der Waals surface area (Å²) in [6.45, 7) is 3.70. The van der Waals surface area contributed by atoms with Crippen LogP contribution < -0.4 is 5.32 Å². The van der Waals surface area contributed by atoms with Crippen LogP contribution in [-0.2, 0) is 11.2 Å². The lowest BCUT2D eigenvalue weighted by Gasteiger charge is -2.25. The summed E-state index contributed by atoms with van der Waals surface area (Å²) in [5.74, 6) is 0.120. The van der Waals surface area contributed by atoms with Crippen LogP contribution >= 0.6 is 11.8 Å². The van der Waals surface area contributed by atoms with Crippen molar-refractivity contribution >= 4 is 23.8 Å². The van der Waals surface area contributed by atoms with Crippen molar-refractivity contribution in [1.82, 2.24) is 10.2 Å². The predicted molar refractivity (Wildman–Crippen MR) is 97.4 cm³/mol. The van der Waals surface area contributed by atoms with Crippen molar-refractivity contribution in [2.45, 2.75) is 43.9 Å². The molecule has 2 atom stereocenters. The summed E-state index contributed by atoms with van der Waals surface area (Å²) in [5, 5.41) is 12.6. The summed E-state index contributed by atoms with van der Waals surface area (Å²) >= 11 is 1.90. The van der Waals surface area contributed by atoms with Crippen molar-refractivity contribution in [1.29, 1.82) is 0 Å². The fraction of sp³-hybridized carbons (Fsp3) is 0.556. The number of carbonyl (C=O) groups excluding carboxylic acids is 1. The number of aliphatic carboxylic acids is 1. The molecule has 132 valence electrons. The van der Waals surface area contributed by atoms with Crippen molar-refractivity contribution in [2.75, 3.05) is 18.8 Å². The molecule has 0 radical (unpaired) electrons. The summed E-state index contributed by atoms with van der Waals surface area (Å²) < 4.78 is 0. The maximum Gasteiger partial charge on any atom is 0.317 e. The topological polar surface area (TPSA) is 69.6 Å². The van der Waals surface area contributed by atoms with Crippen LogP contribution in [0.15, 0.2) is 30.3 Å². The predicted octanol–water partition coefficient (Wildman–Crippen LogP) is 3.00. The Morgan fingerprint density at radius 1 is 1.33 bits per heavy atom. The minimum atomic E-state index is -0.831. The molecule has 2 N–H and O–H groups in total. The lowest BCUT2D eigenvalue weighted by atomic mass is 10.0. The fourth-order valence-electron chi connectivity index (χ4n) is 2.79. The molecular formula is C18H26N2O3S. The normalized spacial score (nSPS) is 19.4. The molecule has 2 unspecified atom stereocenters. The van der Waals surface area contributed by atoms with Crippen LogP contribution in [0.2, 0.25) is 0 Å². The van der Waals surface area contributed by atoms with Gasteiger partial charge in [0, 0.05) is 36.6 Å². The largest absolute Gasteiger partial charge is 0.481 e.